The molecule has 0 saturated carbocycles. The van der Waals surface area contributed by atoms with E-state index in [-0.39, 0.29) is 52.1 Å². The van der Waals surface area contributed by atoms with E-state index < -0.39 is 17.9 Å². The van der Waals surface area contributed by atoms with Crippen molar-refractivity contribution < 1.29 is 24.2 Å². The Morgan fingerprint density at radius 1 is 0.706 bits per heavy atom. The van der Waals surface area contributed by atoms with Crippen molar-refractivity contribution in [3.05, 3.63) is 28.8 Å². The third kappa shape index (κ3) is 10.7. The van der Waals surface area contributed by atoms with Crippen LogP contribution < -0.4 is 0 Å². The van der Waals surface area contributed by atoms with E-state index in [2.05, 4.69) is 126 Å². The summed E-state index contributed by atoms with van der Waals surface area (Å²) in [6, 6.07) is 4.14. The van der Waals surface area contributed by atoms with Crippen molar-refractivity contribution in [3.63, 3.8) is 0 Å². The Morgan fingerprint density at radius 2 is 1.06 bits per heavy atom. The van der Waals surface area contributed by atoms with Crippen molar-refractivity contribution in [3.8, 4) is 5.75 Å². The van der Waals surface area contributed by atoms with E-state index in [0.717, 1.165) is 48.8 Å². The number of hydrogen-bond acceptors (Lipinski definition) is 7. The summed E-state index contributed by atoms with van der Waals surface area (Å²) in [4.78, 5) is 33.4. The number of ether oxygens (including phenoxy) is 2. The lowest BCUT2D eigenvalue weighted by Gasteiger charge is -2.53. The maximum Gasteiger partial charge on any atom is 0.320 e. The third-order valence-corrected chi connectivity index (χ3v) is 12.1. The second-order valence-corrected chi connectivity index (χ2v) is 20.4. The molecule has 0 amide bonds. The molecule has 51 heavy (non-hydrogen) atoms. The van der Waals surface area contributed by atoms with E-state index >= 15 is 0 Å². The number of nitrogens with zero attached hydrogens (tertiary/aromatic N) is 2. The van der Waals surface area contributed by atoms with E-state index in [9.17, 15) is 14.7 Å². The maximum absolute atomic E-state index is 14.2. The molecule has 292 valence electrons. The van der Waals surface area contributed by atoms with Crippen molar-refractivity contribution in [2.45, 2.75) is 195 Å². The normalized spacial score (nSPS) is 21.3. The molecule has 2 saturated heterocycles. The van der Waals surface area contributed by atoms with Crippen LogP contribution in [0.3, 0.4) is 0 Å². The highest BCUT2D eigenvalue weighted by molar-refractivity contribution is 5.95. The van der Waals surface area contributed by atoms with E-state index in [1.165, 1.54) is 12.8 Å². The lowest BCUT2D eigenvalue weighted by Crippen LogP contribution is -2.59. The summed E-state index contributed by atoms with van der Waals surface area (Å²) in [5.41, 5.74) is 2.20. The fourth-order valence-corrected chi connectivity index (χ4v) is 9.45. The van der Waals surface area contributed by atoms with Gasteiger partial charge in [-0.25, -0.2) is 0 Å². The summed E-state index contributed by atoms with van der Waals surface area (Å²) in [7, 11) is 0. The van der Waals surface area contributed by atoms with Crippen LogP contribution in [0.4, 0.5) is 0 Å². The number of hydrogen-bond donors (Lipinski definition) is 1. The molecule has 3 rings (SSSR count). The lowest BCUT2D eigenvalue weighted by molar-refractivity contribution is -0.167. The van der Waals surface area contributed by atoms with Crippen LogP contribution >= 0.6 is 0 Å². The van der Waals surface area contributed by atoms with Crippen molar-refractivity contribution in [2.75, 3.05) is 26.3 Å². The van der Waals surface area contributed by atoms with Gasteiger partial charge in [0, 0.05) is 35.2 Å². The number of esters is 2. The Labute approximate surface area is 312 Å². The predicted molar refractivity (Wildman–Crippen MR) is 210 cm³/mol. The summed E-state index contributed by atoms with van der Waals surface area (Å²) in [5.74, 6) is -2.01. The standard InChI is InChI=1S/C44H76N2O5/c1-16-19-32(28-31-29-33(39(2,3)4)36(47)34(30-31)40(5,6)7)35(37(48)50-26-24-45-41(8,9)20-17-21-42(45,10)11)38(49)51-27-25-46-43(12,13)22-18-23-44(46,14)15/h29-30,32,35,47H,16-28H2,1-15H3. The Morgan fingerprint density at radius 3 is 1.37 bits per heavy atom. The number of aromatic hydroxyl groups is 1. The van der Waals surface area contributed by atoms with Crippen molar-refractivity contribution in [1.82, 2.24) is 9.80 Å². The highest BCUT2D eigenvalue weighted by Gasteiger charge is 2.44. The van der Waals surface area contributed by atoms with Gasteiger partial charge in [-0.05, 0) is 140 Å². The Balaban J connectivity index is 1.94. The zero-order chi connectivity index (χ0) is 38.8. The minimum absolute atomic E-state index is 0.00162. The van der Waals surface area contributed by atoms with E-state index in [1.807, 2.05) is 0 Å². The number of phenolic OH excluding ortho intramolecular Hbond substituents is 1. The molecule has 7 nitrogen and oxygen atoms in total. The highest BCUT2D eigenvalue weighted by atomic mass is 16.6. The minimum Gasteiger partial charge on any atom is -0.507 e. The molecule has 7 heteroatoms. The third-order valence-electron chi connectivity index (χ3n) is 12.1. The fourth-order valence-electron chi connectivity index (χ4n) is 9.45. The molecule has 2 aliphatic heterocycles. The van der Waals surface area contributed by atoms with Gasteiger partial charge in [0.1, 0.15) is 19.0 Å². The quantitative estimate of drug-likeness (QED) is 0.161. The zero-order valence-corrected chi connectivity index (χ0v) is 35.5. The second kappa shape index (κ2) is 16.1. The van der Waals surface area contributed by atoms with Gasteiger partial charge in [-0.2, -0.15) is 0 Å². The zero-order valence-electron chi connectivity index (χ0n) is 35.5. The van der Waals surface area contributed by atoms with Gasteiger partial charge in [0.2, 0.25) is 0 Å². The molecule has 1 atom stereocenters. The molecule has 1 unspecified atom stereocenters. The SMILES string of the molecule is CCCC(Cc1cc(C(C)(C)C)c(O)c(C(C)(C)C)c1)C(C(=O)OCCN1C(C)(C)CCCC1(C)C)C(=O)OCCN1C(C)(C)CCCC1(C)C. The van der Waals surface area contributed by atoms with Gasteiger partial charge in [0.15, 0.2) is 5.92 Å². The van der Waals surface area contributed by atoms with Crippen molar-refractivity contribution in [2.24, 2.45) is 11.8 Å². The molecule has 0 spiro atoms. The monoisotopic (exact) mass is 713 g/mol. The summed E-state index contributed by atoms with van der Waals surface area (Å²) in [6.07, 6.45) is 8.75. The molecule has 0 aliphatic carbocycles. The van der Waals surface area contributed by atoms with Gasteiger partial charge >= 0.3 is 11.9 Å². The first-order valence-corrected chi connectivity index (χ1v) is 20.0. The van der Waals surface area contributed by atoms with Crippen LogP contribution in [0.25, 0.3) is 0 Å². The van der Waals surface area contributed by atoms with Crippen LogP contribution in [-0.4, -0.2) is 75.3 Å². The molecule has 1 N–H and O–H groups in total. The van der Waals surface area contributed by atoms with Crippen LogP contribution in [0.1, 0.15) is 172 Å². The summed E-state index contributed by atoms with van der Waals surface area (Å²) < 4.78 is 12.2. The van der Waals surface area contributed by atoms with E-state index in [0.29, 0.717) is 31.7 Å². The van der Waals surface area contributed by atoms with Crippen LogP contribution in [0, 0.1) is 11.8 Å². The Kier molecular flexibility index (Phi) is 13.7. The lowest BCUT2D eigenvalue weighted by atomic mass is 9.76. The van der Waals surface area contributed by atoms with Crippen molar-refractivity contribution in [1.29, 1.82) is 0 Å². The largest absolute Gasteiger partial charge is 0.507 e. The first-order chi connectivity index (χ1) is 23.2. The van der Waals surface area contributed by atoms with Gasteiger partial charge in [0.25, 0.3) is 0 Å². The molecule has 1 aromatic rings. The number of piperidine rings is 2. The molecule has 0 bridgehead atoms. The number of benzene rings is 1. The fraction of sp³-hybridized carbons (Fsp3) is 0.818. The summed E-state index contributed by atoms with van der Waals surface area (Å²) in [6.45, 7) is 34.6. The predicted octanol–water partition coefficient (Wildman–Crippen LogP) is 9.73. The van der Waals surface area contributed by atoms with Crippen LogP contribution in [0.15, 0.2) is 12.1 Å². The molecular formula is C44H76N2O5. The molecular weight excluding hydrogens is 636 g/mol. The molecule has 2 heterocycles. The number of carbonyl (C=O) groups is 2. The average Bonchev–Trinajstić information content (AvgIpc) is 2.95. The Bertz CT molecular complexity index is 1220. The first kappa shape index (κ1) is 43.3. The number of rotatable bonds is 13. The summed E-state index contributed by atoms with van der Waals surface area (Å²) in [5, 5.41) is 11.4. The number of phenols is 1. The first-order valence-electron chi connectivity index (χ1n) is 20.0. The van der Waals surface area contributed by atoms with E-state index in [4.69, 9.17) is 9.47 Å². The molecule has 1 aromatic carbocycles. The molecule has 2 fully saturated rings. The number of carbonyl (C=O) groups excluding carboxylic acids is 2. The average molecular weight is 713 g/mol. The van der Waals surface area contributed by atoms with Gasteiger partial charge in [-0.1, -0.05) is 67.0 Å². The second-order valence-electron chi connectivity index (χ2n) is 20.4. The van der Waals surface area contributed by atoms with Gasteiger partial charge < -0.3 is 14.6 Å². The Hall–Kier alpha value is -2.12. The van der Waals surface area contributed by atoms with Crippen molar-refractivity contribution >= 4 is 11.9 Å². The minimum atomic E-state index is -1.04. The topological polar surface area (TPSA) is 79.3 Å². The summed E-state index contributed by atoms with van der Waals surface area (Å²) >= 11 is 0. The van der Waals surface area contributed by atoms with Gasteiger partial charge in [-0.15, -0.1) is 0 Å². The van der Waals surface area contributed by atoms with Crippen LogP contribution in [-0.2, 0) is 36.3 Å². The smallest absolute Gasteiger partial charge is 0.320 e. The van der Waals surface area contributed by atoms with Crippen LogP contribution in [0.5, 0.6) is 5.75 Å². The number of likely N-dealkylation sites (tertiary alicyclic amines) is 2. The van der Waals surface area contributed by atoms with Gasteiger partial charge in [0.05, 0.1) is 0 Å². The molecule has 0 radical (unpaired) electrons. The molecule has 0 aromatic heterocycles. The highest BCUT2D eigenvalue weighted by Crippen LogP contribution is 2.42. The van der Waals surface area contributed by atoms with Gasteiger partial charge in [-0.3, -0.25) is 19.4 Å². The van der Waals surface area contributed by atoms with E-state index in [1.54, 1.807) is 0 Å². The van der Waals surface area contributed by atoms with Crippen LogP contribution in [0.2, 0.25) is 0 Å². The molecule has 2 aliphatic rings. The maximum atomic E-state index is 14.2.